The molecule has 0 aromatic heterocycles. The van der Waals surface area contributed by atoms with Crippen molar-refractivity contribution < 1.29 is 4.74 Å². The molecule has 0 aliphatic heterocycles. The van der Waals surface area contributed by atoms with Gasteiger partial charge in [0.1, 0.15) is 4.32 Å². The molecule has 0 heterocycles. The first-order valence-corrected chi connectivity index (χ1v) is 6.25. The molecule has 0 saturated heterocycles. The molecule has 5 heteroatoms. The van der Waals surface area contributed by atoms with E-state index in [2.05, 4.69) is 36.7 Å². The summed E-state index contributed by atoms with van der Waals surface area (Å²) in [6, 6.07) is 0.228. The van der Waals surface area contributed by atoms with Gasteiger partial charge in [0, 0.05) is 12.6 Å². The lowest BCUT2D eigenvalue weighted by Gasteiger charge is -2.19. The maximum Gasteiger partial charge on any atom is 0.130 e. The van der Waals surface area contributed by atoms with E-state index in [0.717, 1.165) is 26.2 Å². The summed E-state index contributed by atoms with van der Waals surface area (Å²) in [7, 11) is 0. The minimum Gasteiger partial charge on any atom is -0.378 e. The summed E-state index contributed by atoms with van der Waals surface area (Å²) in [5, 5.41) is 3.02. The van der Waals surface area contributed by atoms with Crippen molar-refractivity contribution in [1.82, 2.24) is 10.2 Å². The summed E-state index contributed by atoms with van der Waals surface area (Å²) in [4.78, 5) is 2.33. The largest absolute Gasteiger partial charge is 0.378 e. The Morgan fingerprint density at radius 2 is 2.07 bits per heavy atom. The predicted molar refractivity (Wildman–Crippen MR) is 72.8 cm³/mol. The third kappa shape index (κ3) is 9.11. The molecule has 0 aliphatic rings. The molecule has 0 radical (unpaired) electrons. The van der Waals surface area contributed by atoms with Crippen LogP contribution in [0.3, 0.4) is 0 Å². The van der Waals surface area contributed by atoms with E-state index in [1.807, 2.05) is 6.92 Å². The first kappa shape index (κ1) is 15.2. The SMILES string of the molecule is CCN(CC)CCOCC(C)NC(=S)S. The van der Waals surface area contributed by atoms with Gasteiger partial charge < -0.3 is 15.0 Å². The van der Waals surface area contributed by atoms with Gasteiger partial charge in [-0.2, -0.15) is 0 Å². The van der Waals surface area contributed by atoms with Gasteiger partial charge in [0.2, 0.25) is 0 Å². The van der Waals surface area contributed by atoms with Gasteiger partial charge in [0.05, 0.1) is 13.2 Å². The van der Waals surface area contributed by atoms with E-state index < -0.39 is 0 Å². The van der Waals surface area contributed by atoms with Crippen LogP contribution in [0.15, 0.2) is 0 Å². The number of thiol groups is 1. The summed E-state index contributed by atoms with van der Waals surface area (Å²) in [6.45, 7) is 10.9. The number of hydrogen-bond acceptors (Lipinski definition) is 3. The van der Waals surface area contributed by atoms with Crippen molar-refractivity contribution in [3.63, 3.8) is 0 Å². The average Bonchev–Trinajstić information content (AvgIpc) is 2.17. The summed E-state index contributed by atoms with van der Waals surface area (Å²) >= 11 is 8.82. The topological polar surface area (TPSA) is 24.5 Å². The van der Waals surface area contributed by atoms with Crippen LogP contribution in [0.4, 0.5) is 0 Å². The minimum absolute atomic E-state index is 0.228. The monoisotopic (exact) mass is 250 g/mol. The molecule has 0 saturated carbocycles. The number of hydrogen-bond donors (Lipinski definition) is 2. The van der Waals surface area contributed by atoms with Crippen LogP contribution in [0, 0.1) is 0 Å². The summed E-state index contributed by atoms with van der Waals surface area (Å²) in [5.74, 6) is 0. The predicted octanol–water partition coefficient (Wildman–Crippen LogP) is 1.54. The zero-order valence-electron chi connectivity index (χ0n) is 9.82. The van der Waals surface area contributed by atoms with Gasteiger partial charge in [-0.1, -0.05) is 26.1 Å². The van der Waals surface area contributed by atoms with Crippen molar-refractivity contribution >= 4 is 29.2 Å². The third-order valence-corrected chi connectivity index (χ3v) is 2.43. The Hall–Kier alpha value is 0.160. The van der Waals surface area contributed by atoms with E-state index in [-0.39, 0.29) is 6.04 Å². The lowest BCUT2D eigenvalue weighted by atomic mass is 10.4. The Kier molecular flexibility index (Phi) is 9.49. The standard InChI is InChI=1S/C10H22N2OS2/c1-4-12(5-2)6-7-13-8-9(3)11-10(14)15/h9H,4-8H2,1-3H3,(H2,11,14,15). The van der Waals surface area contributed by atoms with E-state index in [9.17, 15) is 0 Å². The van der Waals surface area contributed by atoms with Crippen LogP contribution in [0.5, 0.6) is 0 Å². The van der Waals surface area contributed by atoms with Crippen LogP contribution in [-0.2, 0) is 4.74 Å². The fraction of sp³-hybridized carbons (Fsp3) is 0.900. The van der Waals surface area contributed by atoms with E-state index in [0.29, 0.717) is 10.9 Å². The molecule has 15 heavy (non-hydrogen) atoms. The second-order valence-corrected chi connectivity index (χ2v) is 4.61. The number of rotatable bonds is 8. The van der Waals surface area contributed by atoms with Gasteiger partial charge in [-0.05, 0) is 20.0 Å². The molecule has 0 spiro atoms. The van der Waals surface area contributed by atoms with Gasteiger partial charge >= 0.3 is 0 Å². The van der Waals surface area contributed by atoms with Gasteiger partial charge in [-0.15, -0.1) is 12.6 Å². The van der Waals surface area contributed by atoms with Crippen molar-refractivity contribution in [3.8, 4) is 0 Å². The first-order chi connectivity index (χ1) is 7.10. The molecular formula is C10H22N2OS2. The summed E-state index contributed by atoms with van der Waals surface area (Å²) < 4.78 is 6.06. The van der Waals surface area contributed by atoms with Crippen molar-refractivity contribution in [1.29, 1.82) is 0 Å². The zero-order valence-corrected chi connectivity index (χ0v) is 11.5. The van der Waals surface area contributed by atoms with E-state index in [1.165, 1.54) is 0 Å². The molecule has 0 rings (SSSR count). The highest BCUT2D eigenvalue weighted by molar-refractivity contribution is 8.11. The molecule has 0 amide bonds. The minimum atomic E-state index is 0.228. The molecule has 0 aromatic rings. The Bertz CT molecular complexity index is 175. The summed E-state index contributed by atoms with van der Waals surface area (Å²) in [5.41, 5.74) is 0. The normalized spacial score (nSPS) is 12.9. The van der Waals surface area contributed by atoms with Crippen molar-refractivity contribution in [2.24, 2.45) is 0 Å². The van der Waals surface area contributed by atoms with E-state index in [4.69, 9.17) is 17.0 Å². The number of nitrogens with zero attached hydrogens (tertiary/aromatic N) is 1. The number of nitrogens with one attached hydrogen (secondary N) is 1. The fourth-order valence-electron chi connectivity index (χ4n) is 1.25. The van der Waals surface area contributed by atoms with Crippen LogP contribution >= 0.6 is 24.8 Å². The molecule has 1 atom stereocenters. The van der Waals surface area contributed by atoms with Crippen LogP contribution in [0.25, 0.3) is 0 Å². The lowest BCUT2D eigenvalue weighted by Crippen LogP contribution is -2.34. The maximum absolute atomic E-state index is 5.53. The smallest absolute Gasteiger partial charge is 0.130 e. The van der Waals surface area contributed by atoms with Gasteiger partial charge in [-0.25, -0.2) is 0 Å². The molecule has 0 bridgehead atoms. The van der Waals surface area contributed by atoms with Crippen LogP contribution in [-0.4, -0.2) is 48.1 Å². The Morgan fingerprint density at radius 3 is 2.53 bits per heavy atom. The number of ether oxygens (including phenoxy) is 1. The highest BCUT2D eigenvalue weighted by atomic mass is 32.1. The molecule has 90 valence electrons. The average molecular weight is 250 g/mol. The number of likely N-dealkylation sites (N-methyl/N-ethyl adjacent to an activating group) is 1. The van der Waals surface area contributed by atoms with Crippen molar-refractivity contribution in [2.75, 3.05) is 32.8 Å². The van der Waals surface area contributed by atoms with Crippen molar-refractivity contribution in [3.05, 3.63) is 0 Å². The quantitative estimate of drug-likeness (QED) is 0.388. The van der Waals surface area contributed by atoms with Crippen LogP contribution in [0.1, 0.15) is 20.8 Å². The molecule has 1 N–H and O–H groups in total. The Balaban J connectivity index is 3.40. The number of thiocarbonyl (C=S) groups is 1. The second kappa shape index (κ2) is 9.39. The molecule has 1 unspecified atom stereocenters. The van der Waals surface area contributed by atoms with Gasteiger partial charge in [0.25, 0.3) is 0 Å². The van der Waals surface area contributed by atoms with Crippen LogP contribution in [0.2, 0.25) is 0 Å². The highest BCUT2D eigenvalue weighted by Gasteiger charge is 2.02. The second-order valence-electron chi connectivity index (χ2n) is 3.45. The molecular weight excluding hydrogens is 228 g/mol. The maximum atomic E-state index is 5.53. The van der Waals surface area contributed by atoms with Gasteiger partial charge in [0.15, 0.2) is 0 Å². The zero-order chi connectivity index (χ0) is 11.7. The first-order valence-electron chi connectivity index (χ1n) is 5.39. The van der Waals surface area contributed by atoms with Crippen LogP contribution < -0.4 is 5.32 Å². The van der Waals surface area contributed by atoms with Crippen molar-refractivity contribution in [2.45, 2.75) is 26.8 Å². The fourth-order valence-corrected chi connectivity index (χ4v) is 1.67. The Labute approximate surface area is 104 Å². The van der Waals surface area contributed by atoms with E-state index >= 15 is 0 Å². The van der Waals surface area contributed by atoms with E-state index in [1.54, 1.807) is 0 Å². The highest BCUT2D eigenvalue weighted by Crippen LogP contribution is 1.90. The molecule has 0 aliphatic carbocycles. The molecule has 0 fully saturated rings. The summed E-state index contributed by atoms with van der Waals surface area (Å²) in [6.07, 6.45) is 0. The third-order valence-electron chi connectivity index (χ3n) is 2.18. The van der Waals surface area contributed by atoms with Gasteiger partial charge in [-0.3, -0.25) is 0 Å². The Morgan fingerprint density at radius 1 is 1.47 bits per heavy atom. The molecule has 3 nitrogen and oxygen atoms in total. The lowest BCUT2D eigenvalue weighted by molar-refractivity contribution is 0.0966. The molecule has 0 aromatic carbocycles.